The van der Waals surface area contributed by atoms with Crippen LogP contribution in [0.25, 0.3) is 0 Å². The number of fused-ring (bicyclic) bond motifs is 1. The van der Waals surface area contributed by atoms with E-state index < -0.39 is 0 Å². The summed E-state index contributed by atoms with van der Waals surface area (Å²) in [7, 11) is 0. The van der Waals surface area contributed by atoms with Gasteiger partial charge in [0.05, 0.1) is 0 Å². The molecular weight excluding hydrogens is 326 g/mol. The number of aromatic amines is 1. The number of amides is 1. The Morgan fingerprint density at radius 1 is 1.33 bits per heavy atom. The van der Waals surface area contributed by atoms with Crippen molar-refractivity contribution in [2.24, 2.45) is 5.92 Å². The molecule has 1 amide bonds. The fourth-order valence-electron chi connectivity index (χ4n) is 3.35. The quantitative estimate of drug-likeness (QED) is 0.665. The van der Waals surface area contributed by atoms with Crippen LogP contribution < -0.4 is 10.6 Å². The molecule has 0 saturated carbocycles. The highest BCUT2D eigenvalue weighted by atomic mass is 35.5. The molecule has 7 heteroatoms. The summed E-state index contributed by atoms with van der Waals surface area (Å²) in [6.07, 6.45) is 1.99. The molecule has 0 radical (unpaired) electrons. The van der Waals surface area contributed by atoms with Gasteiger partial charge in [0.2, 0.25) is 0 Å². The average molecular weight is 358 g/mol. The molecule has 1 unspecified atom stereocenters. The summed E-state index contributed by atoms with van der Waals surface area (Å²) in [6.45, 7) is 13.2. The Morgan fingerprint density at radius 2 is 2.04 bits per heavy atom. The van der Waals surface area contributed by atoms with E-state index >= 15 is 0 Å². The fraction of sp³-hybridized carbons (Fsp3) is 0.765. The zero-order valence-corrected chi connectivity index (χ0v) is 16.1. The van der Waals surface area contributed by atoms with Gasteiger partial charge in [0.25, 0.3) is 5.91 Å². The van der Waals surface area contributed by atoms with Gasteiger partial charge in [-0.05, 0) is 25.4 Å². The average Bonchev–Trinajstić information content (AvgIpc) is 2.97. The zero-order valence-electron chi connectivity index (χ0n) is 15.3. The molecule has 0 saturated heterocycles. The third-order valence-electron chi connectivity index (χ3n) is 4.59. The molecule has 1 aliphatic rings. The Balaban J connectivity index is 0.00000288. The molecule has 0 bridgehead atoms. The van der Waals surface area contributed by atoms with Gasteiger partial charge in [-0.2, -0.15) is 5.10 Å². The lowest BCUT2D eigenvalue weighted by molar-refractivity contribution is 0.0923. The van der Waals surface area contributed by atoms with Crippen LogP contribution in [0.15, 0.2) is 0 Å². The van der Waals surface area contributed by atoms with Crippen LogP contribution >= 0.6 is 12.4 Å². The van der Waals surface area contributed by atoms with Gasteiger partial charge in [-0.25, -0.2) is 0 Å². The number of rotatable bonds is 8. The SMILES string of the molecule is CCN(CC)C(CNC(=O)c1n[nH]c2c1CNCC2)CC(C)C.Cl. The summed E-state index contributed by atoms with van der Waals surface area (Å²) >= 11 is 0. The summed E-state index contributed by atoms with van der Waals surface area (Å²) < 4.78 is 0. The molecule has 24 heavy (non-hydrogen) atoms. The van der Waals surface area contributed by atoms with Crippen molar-refractivity contribution in [2.75, 3.05) is 26.2 Å². The van der Waals surface area contributed by atoms with E-state index in [0.717, 1.165) is 50.3 Å². The minimum Gasteiger partial charge on any atom is -0.349 e. The number of halogens is 1. The third-order valence-corrected chi connectivity index (χ3v) is 4.59. The van der Waals surface area contributed by atoms with Crippen molar-refractivity contribution in [3.63, 3.8) is 0 Å². The first-order valence-corrected chi connectivity index (χ1v) is 8.85. The first kappa shape index (κ1) is 20.9. The van der Waals surface area contributed by atoms with Crippen LogP contribution in [0, 0.1) is 5.92 Å². The second-order valence-electron chi connectivity index (χ2n) is 6.67. The first-order valence-electron chi connectivity index (χ1n) is 8.85. The highest BCUT2D eigenvalue weighted by Crippen LogP contribution is 2.16. The topological polar surface area (TPSA) is 73.0 Å². The summed E-state index contributed by atoms with van der Waals surface area (Å²) in [5, 5.41) is 13.6. The van der Waals surface area contributed by atoms with Crippen molar-refractivity contribution < 1.29 is 4.79 Å². The summed E-state index contributed by atoms with van der Waals surface area (Å²) in [6, 6.07) is 0.377. The van der Waals surface area contributed by atoms with Gasteiger partial charge in [-0.1, -0.05) is 27.7 Å². The third kappa shape index (κ3) is 5.19. The lowest BCUT2D eigenvalue weighted by atomic mass is 10.0. The van der Waals surface area contributed by atoms with E-state index in [4.69, 9.17) is 0 Å². The van der Waals surface area contributed by atoms with Gasteiger partial charge in [0.15, 0.2) is 5.69 Å². The highest BCUT2D eigenvalue weighted by Gasteiger charge is 2.23. The van der Waals surface area contributed by atoms with Crippen LogP contribution in [-0.4, -0.2) is 53.2 Å². The molecule has 0 fully saturated rings. The fourth-order valence-corrected chi connectivity index (χ4v) is 3.35. The summed E-state index contributed by atoms with van der Waals surface area (Å²) in [5.41, 5.74) is 2.67. The predicted octanol–water partition coefficient (Wildman–Crippen LogP) is 1.96. The zero-order chi connectivity index (χ0) is 16.8. The minimum absolute atomic E-state index is 0. The Hall–Kier alpha value is -1.11. The van der Waals surface area contributed by atoms with Crippen molar-refractivity contribution in [2.45, 2.75) is 53.1 Å². The van der Waals surface area contributed by atoms with Crippen molar-refractivity contribution in [1.82, 2.24) is 25.7 Å². The molecule has 138 valence electrons. The van der Waals surface area contributed by atoms with E-state index in [1.165, 1.54) is 0 Å². The summed E-state index contributed by atoms with van der Waals surface area (Å²) in [5.74, 6) is 0.548. The van der Waals surface area contributed by atoms with E-state index in [-0.39, 0.29) is 18.3 Å². The van der Waals surface area contributed by atoms with Gasteiger partial charge in [0, 0.05) is 43.4 Å². The molecule has 1 aromatic rings. The molecule has 0 aliphatic carbocycles. The van der Waals surface area contributed by atoms with E-state index in [1.807, 2.05) is 0 Å². The maximum absolute atomic E-state index is 12.5. The van der Waals surface area contributed by atoms with Gasteiger partial charge in [-0.15, -0.1) is 12.4 Å². The van der Waals surface area contributed by atoms with Crippen molar-refractivity contribution >= 4 is 18.3 Å². The van der Waals surface area contributed by atoms with Crippen LogP contribution in [0.4, 0.5) is 0 Å². The number of aromatic nitrogens is 2. The van der Waals surface area contributed by atoms with Crippen LogP contribution in [0.1, 0.15) is 55.9 Å². The lowest BCUT2D eigenvalue weighted by Gasteiger charge is -2.31. The smallest absolute Gasteiger partial charge is 0.272 e. The summed E-state index contributed by atoms with van der Waals surface area (Å²) in [4.78, 5) is 14.9. The molecule has 1 aromatic heterocycles. The number of hydrogen-bond acceptors (Lipinski definition) is 4. The van der Waals surface area contributed by atoms with Gasteiger partial charge < -0.3 is 10.6 Å². The Bertz CT molecular complexity index is 513. The van der Waals surface area contributed by atoms with E-state index in [2.05, 4.69) is 53.4 Å². The van der Waals surface area contributed by atoms with E-state index in [1.54, 1.807) is 0 Å². The van der Waals surface area contributed by atoms with Crippen LogP contribution in [0.2, 0.25) is 0 Å². The molecular formula is C17H32ClN5O. The van der Waals surface area contributed by atoms with Gasteiger partial charge in [0.1, 0.15) is 0 Å². The van der Waals surface area contributed by atoms with Crippen LogP contribution in [-0.2, 0) is 13.0 Å². The molecule has 6 nitrogen and oxygen atoms in total. The maximum atomic E-state index is 12.5. The Labute approximate surface area is 151 Å². The number of nitrogens with zero attached hydrogens (tertiary/aromatic N) is 2. The molecule has 1 atom stereocenters. The Morgan fingerprint density at radius 3 is 2.67 bits per heavy atom. The van der Waals surface area contributed by atoms with E-state index in [0.29, 0.717) is 24.2 Å². The number of nitrogens with one attached hydrogen (secondary N) is 3. The molecule has 0 spiro atoms. The molecule has 2 rings (SSSR count). The highest BCUT2D eigenvalue weighted by molar-refractivity contribution is 5.94. The number of H-pyrrole nitrogens is 1. The van der Waals surface area contributed by atoms with Crippen LogP contribution in [0.5, 0.6) is 0 Å². The first-order chi connectivity index (χ1) is 11.1. The van der Waals surface area contributed by atoms with Gasteiger partial charge in [-0.3, -0.25) is 14.8 Å². The molecule has 1 aliphatic heterocycles. The normalized spacial score (nSPS) is 15.1. The number of hydrogen-bond donors (Lipinski definition) is 3. The van der Waals surface area contributed by atoms with Gasteiger partial charge >= 0.3 is 0 Å². The minimum atomic E-state index is -0.0629. The van der Waals surface area contributed by atoms with Crippen molar-refractivity contribution in [3.05, 3.63) is 17.0 Å². The largest absolute Gasteiger partial charge is 0.349 e. The number of likely N-dealkylation sites (N-methyl/N-ethyl adjacent to an activating group) is 1. The van der Waals surface area contributed by atoms with Crippen molar-refractivity contribution in [3.8, 4) is 0 Å². The maximum Gasteiger partial charge on any atom is 0.272 e. The Kier molecular flexibility index (Phi) is 8.73. The standard InChI is InChI=1S/C17H31N5O.ClH/c1-5-22(6-2)13(9-12(3)4)10-19-17(23)16-14-11-18-8-7-15(14)20-21-16;/h12-13,18H,5-11H2,1-4H3,(H,19,23)(H,20,21);1H. The monoisotopic (exact) mass is 357 g/mol. The second kappa shape index (κ2) is 10.0. The van der Waals surface area contributed by atoms with Crippen LogP contribution in [0.3, 0.4) is 0 Å². The lowest BCUT2D eigenvalue weighted by Crippen LogP contribution is -2.44. The molecule has 3 N–H and O–H groups in total. The predicted molar refractivity (Wildman–Crippen MR) is 99.7 cm³/mol. The second-order valence-corrected chi connectivity index (χ2v) is 6.67. The number of carbonyl (C=O) groups excluding carboxylic acids is 1. The van der Waals surface area contributed by atoms with E-state index in [9.17, 15) is 4.79 Å². The molecule has 2 heterocycles. The molecule has 0 aromatic carbocycles. The number of carbonyl (C=O) groups is 1. The van der Waals surface area contributed by atoms with Crippen molar-refractivity contribution in [1.29, 1.82) is 0 Å².